The van der Waals surface area contributed by atoms with Crippen molar-refractivity contribution in [1.82, 2.24) is 10.2 Å². The average molecular weight is 262 g/mol. The molecule has 1 aliphatic rings. The number of hydrogen-bond acceptors (Lipinski definition) is 3. The van der Waals surface area contributed by atoms with Gasteiger partial charge in [0.05, 0.1) is 13.2 Å². The van der Waals surface area contributed by atoms with Crippen molar-refractivity contribution in [2.75, 3.05) is 26.3 Å². The van der Waals surface area contributed by atoms with Crippen molar-refractivity contribution in [3.05, 3.63) is 35.4 Å². The third-order valence-electron chi connectivity index (χ3n) is 3.67. The summed E-state index contributed by atoms with van der Waals surface area (Å²) < 4.78 is 5.47. The molecule has 0 saturated carbocycles. The first-order chi connectivity index (χ1) is 9.29. The maximum Gasteiger partial charge on any atom is 0.0619 e. The molecule has 0 aromatic heterocycles. The maximum atomic E-state index is 5.47. The molecular weight excluding hydrogens is 236 g/mol. The van der Waals surface area contributed by atoms with Crippen molar-refractivity contribution in [2.24, 2.45) is 0 Å². The first-order valence-electron chi connectivity index (χ1n) is 7.40. The Morgan fingerprint density at radius 2 is 2.00 bits per heavy atom. The smallest absolute Gasteiger partial charge is 0.0619 e. The van der Waals surface area contributed by atoms with Crippen LogP contribution in [0.4, 0.5) is 0 Å². The lowest BCUT2D eigenvalue weighted by Gasteiger charge is -2.33. The van der Waals surface area contributed by atoms with Crippen LogP contribution in [0.5, 0.6) is 0 Å². The molecule has 0 aliphatic carbocycles. The molecule has 1 unspecified atom stereocenters. The number of benzene rings is 1. The molecule has 1 heterocycles. The van der Waals surface area contributed by atoms with E-state index < -0.39 is 0 Å². The van der Waals surface area contributed by atoms with Crippen molar-refractivity contribution in [2.45, 2.75) is 39.4 Å². The van der Waals surface area contributed by atoms with Gasteiger partial charge in [-0.2, -0.15) is 0 Å². The van der Waals surface area contributed by atoms with Crippen LogP contribution in [0.3, 0.4) is 0 Å². The molecule has 1 atom stereocenters. The predicted molar refractivity (Wildman–Crippen MR) is 79.1 cm³/mol. The third-order valence-corrected chi connectivity index (χ3v) is 3.67. The second-order valence-electron chi connectivity index (χ2n) is 5.39. The molecule has 1 saturated heterocycles. The van der Waals surface area contributed by atoms with Gasteiger partial charge in [-0.3, -0.25) is 4.90 Å². The zero-order chi connectivity index (χ0) is 13.5. The minimum Gasteiger partial charge on any atom is -0.379 e. The zero-order valence-electron chi connectivity index (χ0n) is 12.2. The SMILES string of the molecule is CCCNCc1ccc(CN2CCOCC2C)cc1. The van der Waals surface area contributed by atoms with Gasteiger partial charge in [-0.1, -0.05) is 31.2 Å². The van der Waals surface area contributed by atoms with Gasteiger partial charge < -0.3 is 10.1 Å². The first-order valence-corrected chi connectivity index (χ1v) is 7.40. The fourth-order valence-corrected chi connectivity index (χ4v) is 2.40. The topological polar surface area (TPSA) is 24.5 Å². The Morgan fingerprint density at radius 3 is 2.68 bits per heavy atom. The molecular formula is C16H26N2O. The highest BCUT2D eigenvalue weighted by atomic mass is 16.5. The van der Waals surface area contributed by atoms with Gasteiger partial charge in [0.15, 0.2) is 0 Å². The van der Waals surface area contributed by atoms with Gasteiger partial charge in [0, 0.05) is 25.7 Å². The van der Waals surface area contributed by atoms with E-state index >= 15 is 0 Å². The summed E-state index contributed by atoms with van der Waals surface area (Å²) >= 11 is 0. The summed E-state index contributed by atoms with van der Waals surface area (Å²) in [5.41, 5.74) is 2.76. The molecule has 1 N–H and O–H groups in total. The number of morpholine rings is 1. The average Bonchev–Trinajstić information content (AvgIpc) is 2.44. The van der Waals surface area contributed by atoms with E-state index in [1.165, 1.54) is 17.5 Å². The van der Waals surface area contributed by atoms with E-state index in [0.29, 0.717) is 6.04 Å². The quantitative estimate of drug-likeness (QED) is 0.797. The third kappa shape index (κ3) is 4.60. The van der Waals surface area contributed by atoms with Crippen LogP contribution in [0, 0.1) is 0 Å². The van der Waals surface area contributed by atoms with E-state index in [9.17, 15) is 0 Å². The molecule has 1 fully saturated rings. The fourth-order valence-electron chi connectivity index (χ4n) is 2.40. The van der Waals surface area contributed by atoms with Crippen LogP contribution in [-0.4, -0.2) is 37.2 Å². The second-order valence-corrected chi connectivity index (χ2v) is 5.39. The second kappa shape index (κ2) is 7.63. The van der Waals surface area contributed by atoms with Crippen molar-refractivity contribution >= 4 is 0 Å². The van der Waals surface area contributed by atoms with Crippen molar-refractivity contribution in [3.63, 3.8) is 0 Å². The van der Waals surface area contributed by atoms with Crippen molar-refractivity contribution in [1.29, 1.82) is 0 Å². The van der Waals surface area contributed by atoms with Gasteiger partial charge in [-0.05, 0) is 31.0 Å². The number of hydrogen-bond donors (Lipinski definition) is 1. The van der Waals surface area contributed by atoms with E-state index in [1.807, 2.05) is 0 Å². The molecule has 0 spiro atoms. The highest BCUT2D eigenvalue weighted by Gasteiger charge is 2.18. The Morgan fingerprint density at radius 1 is 1.26 bits per heavy atom. The van der Waals surface area contributed by atoms with E-state index in [4.69, 9.17) is 4.74 Å². The number of ether oxygens (including phenoxy) is 1. The summed E-state index contributed by atoms with van der Waals surface area (Å²) in [7, 11) is 0. The standard InChI is InChI=1S/C16H26N2O/c1-3-8-17-11-15-4-6-16(7-5-15)12-18-9-10-19-13-14(18)2/h4-7,14,17H,3,8-13H2,1-2H3. The minimum absolute atomic E-state index is 0.527. The largest absolute Gasteiger partial charge is 0.379 e. The molecule has 1 aromatic rings. The molecule has 0 amide bonds. The normalized spacial score (nSPS) is 20.6. The summed E-state index contributed by atoms with van der Waals surface area (Å²) in [5, 5.41) is 3.43. The van der Waals surface area contributed by atoms with Crippen LogP contribution in [0.15, 0.2) is 24.3 Å². The van der Waals surface area contributed by atoms with Crippen LogP contribution in [-0.2, 0) is 17.8 Å². The Kier molecular flexibility index (Phi) is 5.83. The lowest BCUT2D eigenvalue weighted by molar-refractivity contribution is -0.00437. The van der Waals surface area contributed by atoms with Crippen LogP contribution in [0.25, 0.3) is 0 Å². The Labute approximate surface area is 116 Å². The molecule has 1 aromatic carbocycles. The fraction of sp³-hybridized carbons (Fsp3) is 0.625. The molecule has 19 heavy (non-hydrogen) atoms. The lowest BCUT2D eigenvalue weighted by Crippen LogP contribution is -2.42. The van der Waals surface area contributed by atoms with Crippen LogP contribution < -0.4 is 5.32 Å². The Bertz CT molecular complexity index is 364. The van der Waals surface area contributed by atoms with E-state index in [0.717, 1.165) is 39.4 Å². The van der Waals surface area contributed by atoms with Gasteiger partial charge in [0.25, 0.3) is 0 Å². The molecule has 0 radical (unpaired) electrons. The van der Waals surface area contributed by atoms with E-state index in [1.54, 1.807) is 0 Å². The molecule has 106 valence electrons. The highest BCUT2D eigenvalue weighted by Crippen LogP contribution is 2.12. The summed E-state index contributed by atoms with van der Waals surface area (Å²) in [4.78, 5) is 2.49. The van der Waals surface area contributed by atoms with Crippen LogP contribution >= 0.6 is 0 Å². The van der Waals surface area contributed by atoms with Gasteiger partial charge >= 0.3 is 0 Å². The first kappa shape index (κ1) is 14.5. The van der Waals surface area contributed by atoms with Crippen LogP contribution in [0.1, 0.15) is 31.4 Å². The van der Waals surface area contributed by atoms with Gasteiger partial charge in [0.1, 0.15) is 0 Å². The number of nitrogens with zero attached hydrogens (tertiary/aromatic N) is 1. The molecule has 0 bridgehead atoms. The maximum absolute atomic E-state index is 5.47. The molecule has 1 aliphatic heterocycles. The summed E-state index contributed by atoms with van der Waals surface area (Å²) in [6.07, 6.45) is 1.19. The van der Waals surface area contributed by atoms with Crippen molar-refractivity contribution in [3.8, 4) is 0 Å². The van der Waals surface area contributed by atoms with E-state index in [-0.39, 0.29) is 0 Å². The van der Waals surface area contributed by atoms with Gasteiger partial charge in [0.2, 0.25) is 0 Å². The summed E-state index contributed by atoms with van der Waals surface area (Å²) in [5.74, 6) is 0. The Hall–Kier alpha value is -0.900. The Balaban J connectivity index is 1.84. The summed E-state index contributed by atoms with van der Waals surface area (Å²) in [6, 6.07) is 9.52. The van der Waals surface area contributed by atoms with Crippen LogP contribution in [0.2, 0.25) is 0 Å². The lowest BCUT2D eigenvalue weighted by atomic mass is 10.1. The number of rotatable bonds is 6. The number of nitrogens with one attached hydrogen (secondary N) is 1. The summed E-state index contributed by atoms with van der Waals surface area (Å²) in [6.45, 7) is 10.3. The van der Waals surface area contributed by atoms with E-state index in [2.05, 4.69) is 48.3 Å². The zero-order valence-corrected chi connectivity index (χ0v) is 12.2. The van der Waals surface area contributed by atoms with Crippen molar-refractivity contribution < 1.29 is 4.74 Å². The minimum atomic E-state index is 0.527. The molecule has 2 rings (SSSR count). The molecule has 3 nitrogen and oxygen atoms in total. The monoisotopic (exact) mass is 262 g/mol. The molecule has 3 heteroatoms. The predicted octanol–water partition coefficient (Wildman–Crippen LogP) is 2.41. The van der Waals surface area contributed by atoms with Gasteiger partial charge in [-0.15, -0.1) is 0 Å². The van der Waals surface area contributed by atoms with Gasteiger partial charge in [-0.25, -0.2) is 0 Å². The highest BCUT2D eigenvalue weighted by molar-refractivity contribution is 5.22.